The number of rotatable bonds is 6. The molecule has 0 radical (unpaired) electrons. The summed E-state index contributed by atoms with van der Waals surface area (Å²) in [6, 6.07) is 5.31. The van der Waals surface area contributed by atoms with E-state index in [2.05, 4.69) is 9.84 Å². The lowest BCUT2D eigenvalue weighted by Gasteiger charge is -2.09. The van der Waals surface area contributed by atoms with E-state index in [1.54, 1.807) is 29.0 Å². The molecule has 1 aromatic heterocycles. The third-order valence-electron chi connectivity index (χ3n) is 3.55. The van der Waals surface area contributed by atoms with E-state index in [4.69, 9.17) is 28.9 Å². The van der Waals surface area contributed by atoms with Gasteiger partial charge in [-0.15, -0.1) is 0 Å². The summed E-state index contributed by atoms with van der Waals surface area (Å²) in [6.07, 6.45) is 2.82. The predicted molar refractivity (Wildman–Crippen MR) is 96.5 cm³/mol. The summed E-state index contributed by atoms with van der Waals surface area (Å²) in [5.41, 5.74) is 8.05. The lowest BCUT2D eigenvalue weighted by atomic mass is 10.1. The van der Waals surface area contributed by atoms with Gasteiger partial charge in [-0.05, 0) is 32.1 Å². The summed E-state index contributed by atoms with van der Waals surface area (Å²) in [7, 11) is 0. The number of amides is 1. The number of hydrogen-bond acceptors (Lipinski definition) is 4. The van der Waals surface area contributed by atoms with Crippen LogP contribution in [0.2, 0.25) is 10.0 Å². The van der Waals surface area contributed by atoms with Gasteiger partial charge in [-0.3, -0.25) is 9.48 Å². The van der Waals surface area contributed by atoms with Crippen molar-refractivity contribution in [3.63, 3.8) is 0 Å². The molecule has 1 aromatic carbocycles. The second-order valence-corrected chi connectivity index (χ2v) is 6.16. The number of nitrogens with two attached hydrogens (primary N) is 1. The fourth-order valence-corrected chi connectivity index (χ4v) is 2.80. The molecule has 0 aliphatic rings. The van der Waals surface area contributed by atoms with Gasteiger partial charge in [-0.1, -0.05) is 29.3 Å². The van der Waals surface area contributed by atoms with Crippen LogP contribution in [0.1, 0.15) is 22.5 Å². The van der Waals surface area contributed by atoms with E-state index in [1.807, 2.05) is 13.8 Å². The molecule has 0 unspecified atom stereocenters. The fraction of sp³-hybridized carbons (Fsp3) is 0.235. The van der Waals surface area contributed by atoms with E-state index in [9.17, 15) is 9.59 Å². The average molecular weight is 382 g/mol. The van der Waals surface area contributed by atoms with Crippen molar-refractivity contribution < 1.29 is 14.3 Å². The van der Waals surface area contributed by atoms with Crippen LogP contribution < -0.4 is 5.73 Å². The van der Waals surface area contributed by atoms with Crippen LogP contribution in [0.3, 0.4) is 0 Å². The van der Waals surface area contributed by atoms with E-state index >= 15 is 0 Å². The van der Waals surface area contributed by atoms with Gasteiger partial charge in [-0.25, -0.2) is 4.79 Å². The molecule has 6 nitrogen and oxygen atoms in total. The molecule has 132 valence electrons. The molecule has 0 atom stereocenters. The number of carbonyl (C=O) groups is 2. The minimum atomic E-state index is -0.710. The van der Waals surface area contributed by atoms with Crippen molar-refractivity contribution >= 4 is 41.2 Å². The van der Waals surface area contributed by atoms with Crippen molar-refractivity contribution in [3.05, 3.63) is 56.8 Å². The van der Waals surface area contributed by atoms with Gasteiger partial charge in [-0.2, -0.15) is 5.10 Å². The fourth-order valence-electron chi connectivity index (χ4n) is 2.28. The number of aromatic nitrogens is 2. The Morgan fingerprint density at radius 2 is 1.92 bits per heavy atom. The number of esters is 1. The molecule has 0 saturated carbocycles. The van der Waals surface area contributed by atoms with E-state index in [-0.39, 0.29) is 0 Å². The summed E-state index contributed by atoms with van der Waals surface area (Å²) in [6.45, 7) is 3.65. The standard InChI is InChI=1S/C17H17Cl2N3O3/c1-10-12(6-7-17(24)25-9-16(20)23)11(2)22(21-10)8-13-14(18)4-3-5-15(13)19/h3-7H,8-9H2,1-2H3,(H2,20,23)/b7-6+. The second-order valence-electron chi connectivity index (χ2n) is 5.35. The quantitative estimate of drug-likeness (QED) is 0.615. The highest BCUT2D eigenvalue weighted by Crippen LogP contribution is 2.26. The van der Waals surface area contributed by atoms with Crippen molar-refractivity contribution in [1.29, 1.82) is 0 Å². The number of hydrogen-bond donors (Lipinski definition) is 1. The molecule has 25 heavy (non-hydrogen) atoms. The van der Waals surface area contributed by atoms with Crippen LogP contribution in [-0.2, 0) is 20.9 Å². The van der Waals surface area contributed by atoms with Crippen LogP contribution in [0, 0.1) is 13.8 Å². The molecule has 0 saturated heterocycles. The van der Waals surface area contributed by atoms with Gasteiger partial charge >= 0.3 is 5.97 Å². The van der Waals surface area contributed by atoms with Crippen LogP contribution in [0.5, 0.6) is 0 Å². The Morgan fingerprint density at radius 1 is 1.28 bits per heavy atom. The van der Waals surface area contributed by atoms with Gasteiger partial charge in [0.1, 0.15) is 0 Å². The normalized spacial score (nSPS) is 11.0. The maximum atomic E-state index is 11.6. The van der Waals surface area contributed by atoms with Crippen molar-refractivity contribution in [2.45, 2.75) is 20.4 Å². The van der Waals surface area contributed by atoms with Crippen LogP contribution >= 0.6 is 23.2 Å². The smallest absolute Gasteiger partial charge is 0.331 e. The summed E-state index contributed by atoms with van der Waals surface area (Å²) < 4.78 is 6.44. The second kappa shape index (κ2) is 8.18. The van der Waals surface area contributed by atoms with Crippen LogP contribution in [0.15, 0.2) is 24.3 Å². The molecule has 2 rings (SSSR count). The van der Waals surface area contributed by atoms with Gasteiger partial charge in [0.2, 0.25) is 0 Å². The molecular formula is C17H17Cl2N3O3. The molecule has 0 aliphatic carbocycles. The Balaban J connectivity index is 2.20. The first-order valence-electron chi connectivity index (χ1n) is 7.39. The Kier molecular flexibility index (Phi) is 6.22. The topological polar surface area (TPSA) is 87.2 Å². The highest BCUT2D eigenvalue weighted by Gasteiger charge is 2.13. The molecule has 0 spiro atoms. The minimum Gasteiger partial charge on any atom is -0.452 e. The highest BCUT2D eigenvalue weighted by atomic mass is 35.5. The maximum absolute atomic E-state index is 11.6. The Hall–Kier alpha value is -2.31. The van der Waals surface area contributed by atoms with E-state index in [0.717, 1.165) is 22.5 Å². The summed E-state index contributed by atoms with van der Waals surface area (Å²) in [5.74, 6) is -1.36. The third kappa shape index (κ3) is 4.84. The van der Waals surface area contributed by atoms with Crippen molar-refractivity contribution in [2.24, 2.45) is 5.73 Å². The molecule has 8 heteroatoms. The zero-order valence-corrected chi connectivity index (χ0v) is 15.3. The van der Waals surface area contributed by atoms with Crippen molar-refractivity contribution in [1.82, 2.24) is 9.78 Å². The summed E-state index contributed by atoms with van der Waals surface area (Å²) in [4.78, 5) is 22.2. The van der Waals surface area contributed by atoms with Crippen molar-refractivity contribution in [2.75, 3.05) is 6.61 Å². The van der Waals surface area contributed by atoms with Gasteiger partial charge in [0.05, 0.1) is 12.2 Å². The third-order valence-corrected chi connectivity index (χ3v) is 4.26. The van der Waals surface area contributed by atoms with Crippen LogP contribution in [0.4, 0.5) is 0 Å². The Labute approximate surface area is 155 Å². The zero-order chi connectivity index (χ0) is 18.6. The predicted octanol–water partition coefficient (Wildman–Crippen LogP) is 2.90. The van der Waals surface area contributed by atoms with Gasteiger partial charge in [0.25, 0.3) is 5.91 Å². The van der Waals surface area contributed by atoms with E-state index < -0.39 is 18.5 Å². The minimum absolute atomic E-state index is 0.408. The Morgan fingerprint density at radius 3 is 2.52 bits per heavy atom. The number of aryl methyl sites for hydroxylation is 1. The number of primary amides is 1. The molecule has 0 fully saturated rings. The number of carbonyl (C=O) groups excluding carboxylic acids is 2. The van der Waals surface area contributed by atoms with Gasteiger partial charge in [0, 0.05) is 32.9 Å². The van der Waals surface area contributed by atoms with Crippen LogP contribution in [-0.4, -0.2) is 28.3 Å². The van der Waals surface area contributed by atoms with Crippen LogP contribution in [0.25, 0.3) is 6.08 Å². The van der Waals surface area contributed by atoms with E-state index in [1.165, 1.54) is 6.08 Å². The zero-order valence-electron chi connectivity index (χ0n) is 13.8. The summed E-state index contributed by atoms with van der Waals surface area (Å²) in [5, 5.41) is 5.59. The molecule has 0 bridgehead atoms. The van der Waals surface area contributed by atoms with Gasteiger partial charge < -0.3 is 10.5 Å². The molecule has 0 aliphatic heterocycles. The lowest BCUT2D eigenvalue weighted by Crippen LogP contribution is -2.19. The molecule has 1 amide bonds. The number of benzene rings is 1. The lowest BCUT2D eigenvalue weighted by molar-refractivity contribution is -0.142. The van der Waals surface area contributed by atoms with Gasteiger partial charge in [0.15, 0.2) is 6.61 Å². The monoisotopic (exact) mass is 381 g/mol. The number of nitrogens with zero attached hydrogens (tertiary/aromatic N) is 2. The number of halogens is 2. The Bertz CT molecular complexity index is 824. The molecular weight excluding hydrogens is 365 g/mol. The highest BCUT2D eigenvalue weighted by molar-refractivity contribution is 6.35. The van der Waals surface area contributed by atoms with Crippen molar-refractivity contribution in [3.8, 4) is 0 Å². The summed E-state index contributed by atoms with van der Waals surface area (Å²) >= 11 is 12.4. The molecule has 1 heterocycles. The van der Waals surface area contributed by atoms with E-state index in [0.29, 0.717) is 16.6 Å². The average Bonchev–Trinajstić information content (AvgIpc) is 2.81. The maximum Gasteiger partial charge on any atom is 0.331 e. The molecule has 2 N–H and O–H groups in total. The first kappa shape index (κ1) is 19.0. The largest absolute Gasteiger partial charge is 0.452 e. The number of ether oxygens (including phenoxy) is 1. The first-order chi connectivity index (χ1) is 11.8. The SMILES string of the molecule is Cc1nn(Cc2c(Cl)cccc2Cl)c(C)c1/C=C/C(=O)OCC(N)=O. The first-order valence-corrected chi connectivity index (χ1v) is 8.15. The molecule has 2 aromatic rings.